The van der Waals surface area contributed by atoms with E-state index >= 15 is 0 Å². The number of rotatable bonds is 6. The summed E-state index contributed by atoms with van der Waals surface area (Å²) in [6.07, 6.45) is -1.05. The Hall–Kier alpha value is -4.40. The van der Waals surface area contributed by atoms with Gasteiger partial charge in [-0.25, -0.2) is 0 Å². The van der Waals surface area contributed by atoms with Crippen molar-refractivity contribution in [3.8, 4) is 0 Å². The molecule has 6 nitrogen and oxygen atoms in total. The highest BCUT2D eigenvalue weighted by molar-refractivity contribution is 6.08. The molecule has 1 heterocycles. The minimum atomic E-state index is -4.64. The normalized spacial score (nSPS) is 16.4. The fourth-order valence-corrected chi connectivity index (χ4v) is 4.01. The molecular formula is C26H19F3N2O4. The number of aliphatic hydroxyl groups is 1. The number of hydrogen-bond donors (Lipinski definition) is 1. The number of non-ortho nitro benzene ring substituents is 1. The molecule has 1 atom stereocenters. The van der Waals surface area contributed by atoms with Gasteiger partial charge in [-0.1, -0.05) is 60.7 Å². The number of nitro benzene ring substituents is 1. The van der Waals surface area contributed by atoms with Gasteiger partial charge in [0.25, 0.3) is 11.6 Å². The van der Waals surface area contributed by atoms with Crippen molar-refractivity contribution in [1.29, 1.82) is 0 Å². The smallest absolute Gasteiger partial charge is 0.416 e. The van der Waals surface area contributed by atoms with Crippen LogP contribution < -0.4 is 4.90 Å². The minimum absolute atomic E-state index is 0.0880. The number of aliphatic hydroxyl groups excluding tert-OH is 1. The molecule has 35 heavy (non-hydrogen) atoms. The molecule has 0 aromatic heterocycles. The van der Waals surface area contributed by atoms with Crippen molar-refractivity contribution < 1.29 is 28.0 Å². The standard InChI is InChI=1S/C26H19F3N2O4/c27-26(28,29)19-11-6-12-20(16-19)30-23(18-10-5-13-21(15-18)31(34)35)22(24(32)25(30)33)14-4-9-17-7-2-1-3-8-17/h1-13,15-16,23,32H,14H2/b9-4+. The minimum Gasteiger partial charge on any atom is -0.503 e. The molecule has 3 aromatic rings. The first-order valence-electron chi connectivity index (χ1n) is 10.6. The molecule has 1 aliphatic heterocycles. The summed E-state index contributed by atoms with van der Waals surface area (Å²) in [4.78, 5) is 24.9. The van der Waals surface area contributed by atoms with E-state index < -0.39 is 34.4 Å². The van der Waals surface area contributed by atoms with Crippen molar-refractivity contribution in [3.05, 3.63) is 123 Å². The van der Waals surface area contributed by atoms with Crippen LogP contribution in [0.3, 0.4) is 0 Å². The molecule has 0 saturated carbocycles. The molecule has 4 rings (SSSR count). The van der Waals surface area contributed by atoms with Crippen LogP contribution in [0.2, 0.25) is 0 Å². The number of carbonyl (C=O) groups is 1. The number of nitrogens with zero attached hydrogens (tertiary/aromatic N) is 2. The van der Waals surface area contributed by atoms with Gasteiger partial charge in [0, 0.05) is 23.4 Å². The van der Waals surface area contributed by atoms with E-state index in [2.05, 4.69) is 0 Å². The Labute approximate surface area is 198 Å². The second-order valence-electron chi connectivity index (χ2n) is 7.87. The largest absolute Gasteiger partial charge is 0.503 e. The number of nitro groups is 1. The van der Waals surface area contributed by atoms with Gasteiger partial charge in [-0.2, -0.15) is 13.2 Å². The van der Waals surface area contributed by atoms with Crippen LogP contribution in [-0.2, 0) is 11.0 Å². The summed E-state index contributed by atoms with van der Waals surface area (Å²) in [6, 6.07) is 17.9. The highest BCUT2D eigenvalue weighted by Gasteiger charge is 2.42. The van der Waals surface area contributed by atoms with Crippen molar-refractivity contribution in [3.63, 3.8) is 0 Å². The van der Waals surface area contributed by atoms with Crippen LogP contribution >= 0.6 is 0 Å². The van der Waals surface area contributed by atoms with Crippen LogP contribution in [0.25, 0.3) is 6.08 Å². The van der Waals surface area contributed by atoms with Gasteiger partial charge in [-0.05, 0) is 35.7 Å². The van der Waals surface area contributed by atoms with Gasteiger partial charge in [-0.3, -0.25) is 19.8 Å². The Kier molecular flexibility index (Phi) is 6.42. The SMILES string of the molecule is O=C1C(O)=C(C/C=C/c2ccccc2)C(c2cccc([N+](=O)[O-])c2)N1c1cccc(C(F)(F)F)c1. The molecule has 0 aliphatic carbocycles. The fourth-order valence-electron chi connectivity index (χ4n) is 4.01. The van der Waals surface area contributed by atoms with Gasteiger partial charge in [0.1, 0.15) is 0 Å². The third kappa shape index (κ3) is 4.93. The molecule has 9 heteroatoms. The molecule has 0 radical (unpaired) electrons. The molecule has 1 amide bonds. The van der Waals surface area contributed by atoms with Crippen molar-refractivity contribution in [2.24, 2.45) is 0 Å². The summed E-state index contributed by atoms with van der Waals surface area (Å²) in [5.74, 6) is -1.49. The Balaban J connectivity index is 1.79. The number of halogens is 3. The Morgan fingerprint density at radius 3 is 2.40 bits per heavy atom. The van der Waals surface area contributed by atoms with Crippen LogP contribution in [0, 0.1) is 10.1 Å². The summed E-state index contributed by atoms with van der Waals surface area (Å²) in [5, 5.41) is 22.1. The molecule has 0 bridgehead atoms. The third-order valence-corrected chi connectivity index (χ3v) is 5.61. The van der Waals surface area contributed by atoms with Crippen LogP contribution in [0.1, 0.15) is 29.2 Å². The maximum absolute atomic E-state index is 13.3. The van der Waals surface area contributed by atoms with Crippen molar-refractivity contribution in [2.75, 3.05) is 4.90 Å². The Bertz CT molecular complexity index is 1330. The lowest BCUT2D eigenvalue weighted by Crippen LogP contribution is -2.30. The van der Waals surface area contributed by atoms with Crippen LogP contribution in [0.15, 0.2) is 96.3 Å². The fraction of sp³-hybridized carbons (Fsp3) is 0.115. The number of benzene rings is 3. The summed E-state index contributed by atoms with van der Waals surface area (Å²) >= 11 is 0. The first kappa shape index (κ1) is 23.7. The van der Waals surface area contributed by atoms with E-state index in [0.717, 1.165) is 22.6 Å². The van der Waals surface area contributed by atoms with E-state index in [9.17, 15) is 33.2 Å². The van der Waals surface area contributed by atoms with Gasteiger partial charge in [-0.15, -0.1) is 0 Å². The molecule has 1 aliphatic rings. The van der Waals surface area contributed by atoms with E-state index in [1.54, 1.807) is 12.2 Å². The van der Waals surface area contributed by atoms with Crippen LogP contribution in [-0.4, -0.2) is 15.9 Å². The zero-order chi connectivity index (χ0) is 25.2. The molecule has 3 aromatic carbocycles. The zero-order valence-electron chi connectivity index (χ0n) is 18.1. The number of amides is 1. The van der Waals surface area contributed by atoms with E-state index in [-0.39, 0.29) is 28.9 Å². The highest BCUT2D eigenvalue weighted by Crippen LogP contribution is 2.44. The van der Waals surface area contributed by atoms with Gasteiger partial charge >= 0.3 is 6.18 Å². The number of anilines is 1. The molecule has 0 saturated heterocycles. The predicted molar refractivity (Wildman–Crippen MR) is 125 cm³/mol. The molecule has 178 valence electrons. The first-order valence-corrected chi connectivity index (χ1v) is 10.6. The number of hydrogen-bond acceptors (Lipinski definition) is 4. The molecule has 1 N–H and O–H groups in total. The van der Waals surface area contributed by atoms with Crippen molar-refractivity contribution >= 4 is 23.4 Å². The predicted octanol–water partition coefficient (Wildman–Crippen LogP) is 6.62. The monoisotopic (exact) mass is 480 g/mol. The topological polar surface area (TPSA) is 83.7 Å². The number of carbonyl (C=O) groups excluding carboxylic acids is 1. The van der Waals surface area contributed by atoms with E-state index in [1.165, 1.54) is 36.4 Å². The third-order valence-electron chi connectivity index (χ3n) is 5.61. The lowest BCUT2D eigenvalue weighted by atomic mass is 9.95. The summed E-state index contributed by atoms with van der Waals surface area (Å²) in [7, 11) is 0. The van der Waals surface area contributed by atoms with E-state index in [1.807, 2.05) is 30.3 Å². The molecule has 0 fully saturated rings. The average Bonchev–Trinajstić information content (AvgIpc) is 3.09. The maximum atomic E-state index is 13.3. The second-order valence-corrected chi connectivity index (χ2v) is 7.87. The van der Waals surface area contributed by atoms with E-state index in [0.29, 0.717) is 0 Å². The molecular weight excluding hydrogens is 461 g/mol. The number of alkyl halides is 3. The van der Waals surface area contributed by atoms with E-state index in [4.69, 9.17) is 0 Å². The van der Waals surface area contributed by atoms with Crippen molar-refractivity contribution in [2.45, 2.75) is 18.6 Å². The lowest BCUT2D eigenvalue weighted by Gasteiger charge is -2.27. The average molecular weight is 480 g/mol. The Morgan fingerprint density at radius 1 is 1.00 bits per heavy atom. The second kappa shape index (κ2) is 9.46. The summed E-state index contributed by atoms with van der Waals surface area (Å²) < 4.78 is 40.0. The van der Waals surface area contributed by atoms with Gasteiger partial charge in [0.2, 0.25) is 0 Å². The quantitative estimate of drug-likeness (QED) is 0.318. The van der Waals surface area contributed by atoms with Crippen LogP contribution in [0.4, 0.5) is 24.5 Å². The molecule has 0 spiro atoms. The lowest BCUT2D eigenvalue weighted by molar-refractivity contribution is -0.384. The number of allylic oxidation sites excluding steroid dienone is 1. The summed E-state index contributed by atoms with van der Waals surface area (Å²) in [6.45, 7) is 0. The van der Waals surface area contributed by atoms with Crippen LogP contribution in [0.5, 0.6) is 0 Å². The van der Waals surface area contributed by atoms with Gasteiger partial charge < -0.3 is 5.11 Å². The van der Waals surface area contributed by atoms with Crippen molar-refractivity contribution in [1.82, 2.24) is 0 Å². The zero-order valence-corrected chi connectivity index (χ0v) is 18.1. The summed E-state index contributed by atoms with van der Waals surface area (Å²) in [5.41, 5.74) is 0.0905. The molecule has 1 unspecified atom stereocenters. The highest BCUT2D eigenvalue weighted by atomic mass is 19.4. The van der Waals surface area contributed by atoms with Gasteiger partial charge in [0.05, 0.1) is 16.5 Å². The maximum Gasteiger partial charge on any atom is 0.416 e. The first-order chi connectivity index (χ1) is 16.7. The Morgan fingerprint density at radius 2 is 1.71 bits per heavy atom. The van der Waals surface area contributed by atoms with Gasteiger partial charge in [0.15, 0.2) is 5.76 Å².